The highest BCUT2D eigenvalue weighted by Gasteiger charge is 2.05. The number of sulfone groups is 3. The summed E-state index contributed by atoms with van der Waals surface area (Å²) < 4.78 is 64.2. The maximum atomic E-state index is 10.9. The fourth-order valence-corrected chi connectivity index (χ4v) is 3.94. The number of benzene rings is 2. The number of carbonyl (C=O) groups is 1. The van der Waals surface area contributed by atoms with E-state index in [-0.39, 0.29) is 0 Å². The molecule has 0 amide bonds. The van der Waals surface area contributed by atoms with Gasteiger partial charge in [0.15, 0.2) is 19.7 Å². The van der Waals surface area contributed by atoms with Crippen LogP contribution in [0, 0.1) is 13.8 Å². The van der Waals surface area contributed by atoms with Gasteiger partial charge in [0.2, 0.25) is 0 Å². The molecule has 32 heavy (non-hydrogen) atoms. The van der Waals surface area contributed by atoms with E-state index in [0.717, 1.165) is 23.8 Å². The number of hydrogen-bond donors (Lipinski definition) is 0. The van der Waals surface area contributed by atoms with Crippen LogP contribution in [0.3, 0.4) is 0 Å². The molecule has 0 aliphatic carbocycles. The third-order valence-corrected chi connectivity index (χ3v) is 6.88. The van der Waals surface area contributed by atoms with Gasteiger partial charge in [-0.05, 0) is 51.5 Å². The molecule has 0 aliphatic heterocycles. The zero-order valence-electron chi connectivity index (χ0n) is 19.7. The molecule has 0 fully saturated rings. The monoisotopic (exact) mass is 506 g/mol. The van der Waals surface area contributed by atoms with Crippen molar-refractivity contribution in [2.45, 2.75) is 43.9 Å². The molecule has 0 saturated carbocycles. The van der Waals surface area contributed by atoms with Crippen LogP contribution in [0.4, 0.5) is 0 Å². The number of hydrogen-bond acceptors (Lipinski definition) is 7. The van der Waals surface area contributed by atoms with Crippen LogP contribution in [-0.4, -0.2) is 56.1 Å². The molecular weight excluding hydrogens is 472 g/mol. The fraction of sp³-hybridized carbons (Fsp3) is 0.409. The van der Waals surface area contributed by atoms with Crippen LogP contribution in [0.2, 0.25) is 0 Å². The molecule has 0 heterocycles. The van der Waals surface area contributed by atoms with Crippen molar-refractivity contribution in [2.75, 3.05) is 24.5 Å². The van der Waals surface area contributed by atoms with Crippen molar-refractivity contribution in [3.8, 4) is 0 Å². The molecule has 0 saturated heterocycles. The highest BCUT2D eigenvalue weighted by molar-refractivity contribution is 7.91. The maximum absolute atomic E-state index is 10.9. The zero-order valence-corrected chi connectivity index (χ0v) is 22.1. The van der Waals surface area contributed by atoms with E-state index in [0.29, 0.717) is 15.5 Å². The van der Waals surface area contributed by atoms with E-state index >= 15 is 0 Å². The Hall–Kier alpha value is -2.04. The van der Waals surface area contributed by atoms with Gasteiger partial charge in [0, 0.05) is 24.5 Å². The molecule has 182 valence electrons. The Morgan fingerprint density at radius 2 is 0.906 bits per heavy atom. The lowest BCUT2D eigenvalue weighted by atomic mass is 10.2. The smallest absolute Gasteiger partial charge is 0.175 e. The second-order valence-electron chi connectivity index (χ2n) is 7.04. The molecule has 10 heteroatoms. The molecule has 2 aromatic rings. The van der Waals surface area contributed by atoms with Gasteiger partial charge in [-0.1, -0.05) is 42.3 Å². The first kappa shape index (κ1) is 32.1. The Morgan fingerprint density at radius 3 is 1.03 bits per heavy atom. The summed E-state index contributed by atoms with van der Waals surface area (Å²) in [7, 11) is -8.71. The first-order valence-corrected chi connectivity index (χ1v) is 15.4. The van der Waals surface area contributed by atoms with Crippen molar-refractivity contribution in [1.82, 2.24) is 0 Å². The first-order valence-electron chi connectivity index (χ1n) is 9.58. The van der Waals surface area contributed by atoms with Gasteiger partial charge >= 0.3 is 0 Å². The van der Waals surface area contributed by atoms with E-state index in [1.807, 2.05) is 20.8 Å². The Morgan fingerprint density at radius 1 is 0.656 bits per heavy atom. The predicted molar refractivity (Wildman–Crippen MR) is 130 cm³/mol. The van der Waals surface area contributed by atoms with E-state index in [4.69, 9.17) is 4.79 Å². The second-order valence-corrected chi connectivity index (χ2v) is 13.3. The maximum Gasteiger partial charge on any atom is 0.175 e. The van der Waals surface area contributed by atoms with E-state index in [9.17, 15) is 25.3 Å². The highest BCUT2D eigenvalue weighted by atomic mass is 32.2. The molecule has 0 N–H and O–H groups in total. The summed E-state index contributed by atoms with van der Waals surface area (Å²) in [5, 5.41) is 0. The molecule has 0 atom stereocenters. The summed E-state index contributed by atoms with van der Waals surface area (Å²) in [4.78, 5) is 9.56. The molecule has 2 rings (SSSR count). The SMILES string of the molecule is CC=O.CCCS(C)(=O)=O.Cc1ccc(S(C)(=O)=O)cc1.Cc1ccc(S(C)(=O)=O)cc1. The third-order valence-electron chi connectivity index (χ3n) is 3.47. The minimum Gasteiger partial charge on any atom is -0.304 e. The van der Waals surface area contributed by atoms with E-state index in [1.165, 1.54) is 25.7 Å². The van der Waals surface area contributed by atoms with Gasteiger partial charge in [-0.15, -0.1) is 0 Å². The van der Waals surface area contributed by atoms with Crippen LogP contribution < -0.4 is 0 Å². The minimum atomic E-state index is -3.02. The number of aldehydes is 1. The molecule has 0 bridgehead atoms. The van der Waals surface area contributed by atoms with Crippen LogP contribution in [0.15, 0.2) is 58.3 Å². The Labute approximate surface area is 193 Å². The molecule has 0 aromatic heterocycles. The summed E-state index contributed by atoms with van der Waals surface area (Å²) in [6.45, 7) is 7.14. The van der Waals surface area contributed by atoms with Crippen LogP contribution in [0.1, 0.15) is 31.4 Å². The van der Waals surface area contributed by atoms with Crippen LogP contribution in [0.5, 0.6) is 0 Å². The average molecular weight is 507 g/mol. The Bertz CT molecular complexity index is 1040. The predicted octanol–water partition coefficient (Wildman–Crippen LogP) is 3.44. The van der Waals surface area contributed by atoms with E-state index in [2.05, 4.69) is 0 Å². The second kappa shape index (κ2) is 14.9. The molecule has 7 nitrogen and oxygen atoms in total. The highest BCUT2D eigenvalue weighted by Crippen LogP contribution is 2.09. The summed E-state index contributed by atoms with van der Waals surface area (Å²) in [5.74, 6) is 0.312. The molecule has 2 aromatic carbocycles. The van der Waals surface area contributed by atoms with Crippen molar-refractivity contribution in [1.29, 1.82) is 0 Å². The van der Waals surface area contributed by atoms with Gasteiger partial charge in [0.1, 0.15) is 16.1 Å². The molecule has 0 unspecified atom stereocenters. The summed E-state index contributed by atoms with van der Waals surface area (Å²) in [6, 6.07) is 13.6. The van der Waals surface area contributed by atoms with Crippen molar-refractivity contribution in [3.05, 3.63) is 59.7 Å². The first-order chi connectivity index (χ1) is 14.5. The number of rotatable bonds is 4. The summed E-state index contributed by atoms with van der Waals surface area (Å²) >= 11 is 0. The van der Waals surface area contributed by atoms with Crippen molar-refractivity contribution < 1.29 is 30.0 Å². The molecule has 0 radical (unpaired) electrons. The minimum absolute atomic E-state index is 0.312. The third kappa shape index (κ3) is 17.6. The van der Waals surface area contributed by atoms with Gasteiger partial charge < -0.3 is 4.79 Å². The molecular formula is C22H34O7S3. The standard InChI is InChI=1S/2C8H10O2S.C4H10O2S.C2H4O/c2*1-7-3-5-8(6-4-7)11(2,9)10;1-3-4-7(2,5)6;1-2-3/h2*3-6H,1-2H3;3-4H2,1-2H3;2H,1H3. The van der Waals surface area contributed by atoms with Crippen molar-refractivity contribution in [3.63, 3.8) is 0 Å². The van der Waals surface area contributed by atoms with Crippen LogP contribution >= 0.6 is 0 Å². The van der Waals surface area contributed by atoms with Gasteiger partial charge in [0.25, 0.3) is 0 Å². The lowest BCUT2D eigenvalue weighted by molar-refractivity contribution is -0.106. The lowest BCUT2D eigenvalue weighted by Gasteiger charge is -1.96. The van der Waals surface area contributed by atoms with Crippen LogP contribution in [-0.2, 0) is 34.3 Å². The number of aryl methyl sites for hydroxylation is 2. The van der Waals surface area contributed by atoms with Crippen molar-refractivity contribution >= 4 is 35.8 Å². The zero-order chi connectivity index (χ0) is 25.6. The number of carbonyl (C=O) groups excluding carboxylic acids is 1. The van der Waals surface area contributed by atoms with E-state index in [1.54, 1.807) is 48.5 Å². The average Bonchev–Trinajstić information content (AvgIpc) is 2.61. The Kier molecular flexibility index (Phi) is 15.0. The largest absolute Gasteiger partial charge is 0.304 e. The van der Waals surface area contributed by atoms with Gasteiger partial charge in [-0.2, -0.15) is 0 Å². The Balaban J connectivity index is 0. The van der Waals surface area contributed by atoms with Crippen molar-refractivity contribution in [2.24, 2.45) is 0 Å². The summed E-state index contributed by atoms with van der Waals surface area (Å²) in [6.07, 6.45) is 5.13. The summed E-state index contributed by atoms with van der Waals surface area (Å²) in [5.41, 5.74) is 2.13. The normalized spacial score (nSPS) is 10.8. The molecule has 0 aliphatic rings. The van der Waals surface area contributed by atoms with Gasteiger partial charge in [-0.3, -0.25) is 0 Å². The van der Waals surface area contributed by atoms with Gasteiger partial charge in [-0.25, -0.2) is 25.3 Å². The van der Waals surface area contributed by atoms with E-state index < -0.39 is 29.5 Å². The molecule has 0 spiro atoms. The fourth-order valence-electron chi connectivity index (χ4n) is 1.94. The van der Waals surface area contributed by atoms with Crippen LogP contribution in [0.25, 0.3) is 0 Å². The van der Waals surface area contributed by atoms with Gasteiger partial charge in [0.05, 0.1) is 9.79 Å². The quantitative estimate of drug-likeness (QED) is 0.583. The topological polar surface area (TPSA) is 119 Å². The lowest BCUT2D eigenvalue weighted by Crippen LogP contribution is -2.00.